The standard InChI is InChI=1S/C13H21NO5/c1-13(2,3)18-11(15)9-6-5-8-7-10(12(16)17-4)19-14(8)9/h8-10H,5-7H2,1-4H3. The van der Waals surface area contributed by atoms with E-state index in [1.54, 1.807) is 5.06 Å². The van der Waals surface area contributed by atoms with Crippen LogP contribution in [-0.4, -0.2) is 47.9 Å². The van der Waals surface area contributed by atoms with Crippen molar-refractivity contribution >= 4 is 11.9 Å². The molecule has 0 bridgehead atoms. The second kappa shape index (κ2) is 5.09. The molecule has 2 heterocycles. The second-order valence-corrected chi connectivity index (χ2v) is 5.99. The molecule has 0 N–H and O–H groups in total. The zero-order valence-corrected chi connectivity index (χ0v) is 11.8. The van der Waals surface area contributed by atoms with E-state index in [0.717, 1.165) is 6.42 Å². The lowest BCUT2D eigenvalue weighted by molar-refractivity contribution is -0.206. The Labute approximate surface area is 112 Å². The monoisotopic (exact) mass is 271 g/mol. The topological polar surface area (TPSA) is 65.1 Å². The van der Waals surface area contributed by atoms with Gasteiger partial charge in [-0.15, -0.1) is 0 Å². The van der Waals surface area contributed by atoms with Gasteiger partial charge >= 0.3 is 11.9 Å². The highest BCUT2D eigenvalue weighted by Gasteiger charge is 2.49. The number of hydroxylamine groups is 2. The summed E-state index contributed by atoms with van der Waals surface area (Å²) >= 11 is 0. The summed E-state index contributed by atoms with van der Waals surface area (Å²) in [6.07, 6.45) is 1.51. The summed E-state index contributed by atoms with van der Waals surface area (Å²) in [6.45, 7) is 5.50. The second-order valence-electron chi connectivity index (χ2n) is 5.99. The van der Waals surface area contributed by atoms with Gasteiger partial charge in [-0.25, -0.2) is 4.79 Å². The molecule has 0 aromatic carbocycles. The van der Waals surface area contributed by atoms with Crippen LogP contribution in [0.2, 0.25) is 0 Å². The molecule has 0 aromatic heterocycles. The molecule has 0 aromatic rings. The third kappa shape index (κ3) is 3.06. The average Bonchev–Trinajstić information content (AvgIpc) is 2.83. The van der Waals surface area contributed by atoms with Crippen molar-refractivity contribution in [3.63, 3.8) is 0 Å². The van der Waals surface area contributed by atoms with E-state index in [4.69, 9.17) is 9.57 Å². The van der Waals surface area contributed by atoms with E-state index in [9.17, 15) is 9.59 Å². The molecule has 2 aliphatic rings. The molecule has 19 heavy (non-hydrogen) atoms. The molecule has 3 unspecified atom stereocenters. The molecule has 0 amide bonds. The zero-order chi connectivity index (χ0) is 14.2. The zero-order valence-electron chi connectivity index (χ0n) is 11.8. The van der Waals surface area contributed by atoms with Crippen molar-refractivity contribution < 1.29 is 23.9 Å². The smallest absolute Gasteiger partial charge is 0.337 e. The Morgan fingerprint density at radius 3 is 2.47 bits per heavy atom. The Morgan fingerprint density at radius 2 is 1.89 bits per heavy atom. The van der Waals surface area contributed by atoms with Crippen LogP contribution >= 0.6 is 0 Å². The van der Waals surface area contributed by atoms with Gasteiger partial charge in [0.2, 0.25) is 0 Å². The molecule has 0 spiro atoms. The predicted molar refractivity (Wildman–Crippen MR) is 66.0 cm³/mol. The first-order valence-electron chi connectivity index (χ1n) is 6.57. The number of rotatable bonds is 2. The van der Waals surface area contributed by atoms with Crippen molar-refractivity contribution in [2.24, 2.45) is 0 Å². The fourth-order valence-corrected chi connectivity index (χ4v) is 2.54. The van der Waals surface area contributed by atoms with E-state index in [2.05, 4.69) is 4.74 Å². The number of hydrogen-bond donors (Lipinski definition) is 0. The number of hydrogen-bond acceptors (Lipinski definition) is 6. The van der Waals surface area contributed by atoms with Crippen LogP contribution in [-0.2, 0) is 23.9 Å². The van der Waals surface area contributed by atoms with Gasteiger partial charge in [0.05, 0.1) is 7.11 Å². The van der Waals surface area contributed by atoms with Gasteiger partial charge in [0.1, 0.15) is 11.6 Å². The van der Waals surface area contributed by atoms with Gasteiger partial charge in [-0.1, -0.05) is 0 Å². The Kier molecular flexibility index (Phi) is 3.82. The number of methoxy groups -OCH3 is 1. The van der Waals surface area contributed by atoms with E-state index in [-0.39, 0.29) is 12.0 Å². The van der Waals surface area contributed by atoms with E-state index < -0.39 is 23.7 Å². The molecule has 0 saturated carbocycles. The molecular formula is C13H21NO5. The molecule has 6 heteroatoms. The Morgan fingerprint density at radius 1 is 1.21 bits per heavy atom. The minimum atomic E-state index is -0.597. The average molecular weight is 271 g/mol. The van der Waals surface area contributed by atoms with Crippen molar-refractivity contribution in [2.75, 3.05) is 7.11 Å². The molecule has 3 atom stereocenters. The first-order valence-corrected chi connectivity index (χ1v) is 6.57. The van der Waals surface area contributed by atoms with Crippen LogP contribution in [0.15, 0.2) is 0 Å². The maximum Gasteiger partial charge on any atom is 0.337 e. The maximum absolute atomic E-state index is 12.1. The van der Waals surface area contributed by atoms with Gasteiger partial charge in [0.15, 0.2) is 6.10 Å². The van der Waals surface area contributed by atoms with Crippen molar-refractivity contribution in [3.05, 3.63) is 0 Å². The summed E-state index contributed by atoms with van der Waals surface area (Å²) in [4.78, 5) is 29.1. The van der Waals surface area contributed by atoms with Crippen molar-refractivity contribution in [1.82, 2.24) is 5.06 Å². The highest BCUT2D eigenvalue weighted by Crippen LogP contribution is 2.35. The van der Waals surface area contributed by atoms with Gasteiger partial charge in [-0.05, 0) is 33.6 Å². The normalized spacial score (nSPS) is 31.1. The number of fused-ring (bicyclic) bond motifs is 1. The van der Waals surface area contributed by atoms with E-state index in [0.29, 0.717) is 12.8 Å². The van der Waals surface area contributed by atoms with Gasteiger partial charge < -0.3 is 9.47 Å². The summed E-state index contributed by atoms with van der Waals surface area (Å²) < 4.78 is 10.0. The largest absolute Gasteiger partial charge is 0.467 e. The summed E-state index contributed by atoms with van der Waals surface area (Å²) in [5.74, 6) is -0.683. The van der Waals surface area contributed by atoms with Gasteiger partial charge in [-0.3, -0.25) is 9.63 Å². The van der Waals surface area contributed by atoms with Gasteiger partial charge in [-0.2, -0.15) is 5.06 Å². The van der Waals surface area contributed by atoms with E-state index >= 15 is 0 Å². The summed E-state index contributed by atoms with van der Waals surface area (Å²) in [5.41, 5.74) is -0.517. The quantitative estimate of drug-likeness (QED) is 0.699. The summed E-state index contributed by atoms with van der Waals surface area (Å²) in [5, 5.41) is 1.62. The minimum absolute atomic E-state index is 0.0987. The van der Waals surface area contributed by atoms with Crippen LogP contribution < -0.4 is 0 Å². The minimum Gasteiger partial charge on any atom is -0.467 e. The highest BCUT2D eigenvalue weighted by molar-refractivity contribution is 5.77. The Bertz CT molecular complexity index is 376. The highest BCUT2D eigenvalue weighted by atomic mass is 16.7. The Balaban J connectivity index is 1.99. The summed E-state index contributed by atoms with van der Waals surface area (Å²) in [6, 6.07) is -0.319. The fourth-order valence-electron chi connectivity index (χ4n) is 2.54. The predicted octanol–water partition coefficient (Wildman–Crippen LogP) is 1.04. The van der Waals surface area contributed by atoms with Crippen molar-refractivity contribution in [1.29, 1.82) is 0 Å². The molecular weight excluding hydrogens is 250 g/mol. The van der Waals surface area contributed by atoms with Gasteiger partial charge in [0, 0.05) is 12.5 Å². The van der Waals surface area contributed by atoms with Gasteiger partial charge in [0.25, 0.3) is 0 Å². The lowest BCUT2D eigenvalue weighted by atomic mass is 10.1. The fraction of sp³-hybridized carbons (Fsp3) is 0.846. The SMILES string of the molecule is COC(=O)C1CC2CCC(C(=O)OC(C)(C)C)N2O1. The number of carbonyl (C=O) groups is 2. The van der Waals surface area contributed by atoms with Crippen LogP contribution in [0.3, 0.4) is 0 Å². The lowest BCUT2D eigenvalue weighted by Gasteiger charge is -2.26. The summed E-state index contributed by atoms with van der Waals surface area (Å²) in [7, 11) is 1.33. The molecule has 6 nitrogen and oxygen atoms in total. The first-order chi connectivity index (χ1) is 8.81. The maximum atomic E-state index is 12.1. The van der Waals surface area contributed by atoms with Crippen LogP contribution in [0.1, 0.15) is 40.0 Å². The van der Waals surface area contributed by atoms with Crippen LogP contribution in [0.4, 0.5) is 0 Å². The lowest BCUT2D eigenvalue weighted by Crippen LogP contribution is -2.41. The van der Waals surface area contributed by atoms with Crippen molar-refractivity contribution in [2.45, 2.75) is 63.8 Å². The Hall–Kier alpha value is -1.14. The first kappa shape index (κ1) is 14.3. The van der Waals surface area contributed by atoms with Crippen molar-refractivity contribution in [3.8, 4) is 0 Å². The number of esters is 2. The van der Waals surface area contributed by atoms with E-state index in [1.807, 2.05) is 20.8 Å². The third-order valence-electron chi connectivity index (χ3n) is 3.32. The molecule has 2 rings (SSSR count). The number of carbonyl (C=O) groups excluding carboxylic acids is 2. The number of ether oxygens (including phenoxy) is 2. The van der Waals surface area contributed by atoms with Crippen LogP contribution in [0.5, 0.6) is 0 Å². The molecule has 2 aliphatic heterocycles. The van der Waals surface area contributed by atoms with Crippen LogP contribution in [0.25, 0.3) is 0 Å². The molecule has 2 saturated heterocycles. The number of nitrogens with zero attached hydrogens (tertiary/aromatic N) is 1. The van der Waals surface area contributed by atoms with Crippen LogP contribution in [0, 0.1) is 0 Å². The molecule has 2 fully saturated rings. The molecule has 0 aliphatic carbocycles. The third-order valence-corrected chi connectivity index (χ3v) is 3.32. The molecule has 108 valence electrons. The molecule has 0 radical (unpaired) electrons. The van der Waals surface area contributed by atoms with E-state index in [1.165, 1.54) is 7.11 Å².